The maximum absolute atomic E-state index is 12.8. The molecule has 3 N–H and O–H groups in total. The quantitative estimate of drug-likeness (QED) is 0.224. The number of carbonyl (C=O) groups is 1. The highest BCUT2D eigenvalue weighted by atomic mass is 16.4. The Kier molecular flexibility index (Phi) is 9.66. The average molecular weight is 565 g/mol. The Balaban J connectivity index is 3.32. The molecule has 0 aliphatic rings. The van der Waals surface area contributed by atoms with Crippen LogP contribution in [0.25, 0.3) is 0 Å². The molecule has 0 bridgehead atoms. The van der Waals surface area contributed by atoms with Crippen molar-refractivity contribution < 1.29 is 20.1 Å². The molecule has 0 atom stereocenters. The summed E-state index contributed by atoms with van der Waals surface area (Å²) in [6.45, 7) is 31.4. The van der Waals surface area contributed by atoms with E-state index in [4.69, 9.17) is 0 Å². The van der Waals surface area contributed by atoms with Gasteiger partial charge in [-0.1, -0.05) is 114 Å². The zero-order valence-corrected chi connectivity index (χ0v) is 28.1. The van der Waals surface area contributed by atoms with E-state index in [1.54, 1.807) is 6.92 Å². The average Bonchev–Trinajstić information content (AvgIpc) is 2.91. The molecule has 0 spiro atoms. The SMILES string of the molecule is C=C(C(=O)O)C(C)(c1cc(C(C)(C)CC)cc(C(C)(C)CC)c1O)c1cc(C(C)(C)CC)cc(C(C)(C)CC)c1O. The topological polar surface area (TPSA) is 77.8 Å². The van der Waals surface area contributed by atoms with E-state index in [-0.39, 0.29) is 38.7 Å². The van der Waals surface area contributed by atoms with E-state index in [1.807, 2.05) is 12.1 Å². The van der Waals surface area contributed by atoms with Crippen molar-refractivity contribution in [1.82, 2.24) is 0 Å². The van der Waals surface area contributed by atoms with Gasteiger partial charge in [-0.2, -0.15) is 0 Å². The molecule has 0 aliphatic heterocycles. The predicted molar refractivity (Wildman–Crippen MR) is 173 cm³/mol. The molecule has 0 unspecified atom stereocenters. The lowest BCUT2D eigenvalue weighted by molar-refractivity contribution is -0.133. The lowest BCUT2D eigenvalue weighted by Crippen LogP contribution is -2.33. The standard InChI is InChI=1S/C37H56O4/c1-15-33(6,7)24-19-26(35(10,11)17-3)30(38)28(21-24)37(14,23(5)32(40)41)29-22-25(34(8,9)16-2)20-27(31(29)39)36(12,13)18-4/h19-22,38-39H,5,15-18H2,1-4,6-14H3,(H,40,41). The van der Waals surface area contributed by atoms with Gasteiger partial charge in [0.05, 0.1) is 5.41 Å². The highest BCUT2D eigenvalue weighted by Gasteiger charge is 2.44. The summed E-state index contributed by atoms with van der Waals surface area (Å²) in [5.74, 6) is -1.04. The molecule has 4 nitrogen and oxygen atoms in total. The summed E-state index contributed by atoms with van der Waals surface area (Å²) in [6.07, 6.45) is 3.29. The number of carboxylic acids is 1. The highest BCUT2D eigenvalue weighted by Crippen LogP contribution is 2.53. The predicted octanol–water partition coefficient (Wildman–Crippen LogP) is 9.79. The van der Waals surface area contributed by atoms with Crippen LogP contribution >= 0.6 is 0 Å². The Labute approximate surface area is 249 Å². The van der Waals surface area contributed by atoms with Crippen LogP contribution in [-0.2, 0) is 31.9 Å². The minimum absolute atomic E-state index is 0.0632. The van der Waals surface area contributed by atoms with Crippen LogP contribution in [0.4, 0.5) is 0 Å². The van der Waals surface area contributed by atoms with Crippen LogP contribution in [0.1, 0.15) is 149 Å². The number of rotatable bonds is 12. The van der Waals surface area contributed by atoms with Crippen LogP contribution in [0, 0.1) is 0 Å². The zero-order valence-electron chi connectivity index (χ0n) is 28.1. The maximum atomic E-state index is 12.8. The van der Waals surface area contributed by atoms with Crippen molar-refractivity contribution in [2.24, 2.45) is 0 Å². The number of carboxylic acid groups (broad SMARTS) is 1. The molecule has 0 aliphatic carbocycles. The summed E-state index contributed by atoms with van der Waals surface area (Å²) >= 11 is 0. The summed E-state index contributed by atoms with van der Waals surface area (Å²) in [4.78, 5) is 12.8. The van der Waals surface area contributed by atoms with Gasteiger partial charge in [0.25, 0.3) is 0 Å². The van der Waals surface area contributed by atoms with Crippen LogP contribution in [0.5, 0.6) is 11.5 Å². The Hall–Kier alpha value is -2.75. The summed E-state index contributed by atoms with van der Waals surface area (Å²) < 4.78 is 0. The van der Waals surface area contributed by atoms with Gasteiger partial charge in [-0.25, -0.2) is 4.79 Å². The molecule has 0 aromatic heterocycles. The van der Waals surface area contributed by atoms with Gasteiger partial charge >= 0.3 is 5.97 Å². The first kappa shape index (κ1) is 34.5. The van der Waals surface area contributed by atoms with E-state index < -0.39 is 11.4 Å². The second-order valence-corrected chi connectivity index (χ2v) is 14.7. The number of aromatic hydroxyl groups is 2. The van der Waals surface area contributed by atoms with Gasteiger partial charge in [-0.05, 0) is 65.4 Å². The van der Waals surface area contributed by atoms with Crippen molar-refractivity contribution in [1.29, 1.82) is 0 Å². The summed E-state index contributed by atoms with van der Waals surface area (Å²) in [5, 5.41) is 34.6. The van der Waals surface area contributed by atoms with Crippen molar-refractivity contribution in [3.05, 3.63) is 69.8 Å². The second kappa shape index (κ2) is 11.5. The largest absolute Gasteiger partial charge is 0.507 e. The second-order valence-electron chi connectivity index (χ2n) is 14.7. The molecule has 2 aromatic carbocycles. The Morgan fingerprint density at radius 2 is 0.854 bits per heavy atom. The monoisotopic (exact) mass is 564 g/mol. The number of hydrogen-bond donors (Lipinski definition) is 3. The molecular weight excluding hydrogens is 508 g/mol. The first-order valence-electron chi connectivity index (χ1n) is 15.3. The van der Waals surface area contributed by atoms with Crippen LogP contribution in [-0.4, -0.2) is 21.3 Å². The first-order chi connectivity index (χ1) is 18.6. The Morgan fingerprint density at radius 3 is 1.10 bits per heavy atom. The molecule has 41 heavy (non-hydrogen) atoms. The van der Waals surface area contributed by atoms with Crippen molar-refractivity contribution in [2.75, 3.05) is 0 Å². The first-order valence-corrected chi connectivity index (χ1v) is 15.3. The molecular formula is C37H56O4. The number of benzene rings is 2. The van der Waals surface area contributed by atoms with Gasteiger partial charge in [0.2, 0.25) is 0 Å². The van der Waals surface area contributed by atoms with E-state index in [1.165, 1.54) is 0 Å². The molecule has 0 fully saturated rings. The van der Waals surface area contributed by atoms with Gasteiger partial charge < -0.3 is 15.3 Å². The van der Waals surface area contributed by atoms with Crippen LogP contribution in [0.2, 0.25) is 0 Å². The third kappa shape index (κ3) is 6.08. The van der Waals surface area contributed by atoms with Crippen molar-refractivity contribution in [3.8, 4) is 11.5 Å². The highest BCUT2D eigenvalue weighted by molar-refractivity contribution is 5.91. The number of aliphatic carboxylic acids is 1. The smallest absolute Gasteiger partial charge is 0.332 e. The number of phenolic OH excluding ortho intramolecular Hbond substituents is 2. The van der Waals surface area contributed by atoms with E-state index in [0.29, 0.717) is 11.1 Å². The summed E-state index contributed by atoms with van der Waals surface area (Å²) in [6, 6.07) is 8.06. The minimum Gasteiger partial charge on any atom is -0.507 e. The molecule has 228 valence electrons. The summed E-state index contributed by atoms with van der Waals surface area (Å²) in [7, 11) is 0. The third-order valence-corrected chi connectivity index (χ3v) is 10.7. The van der Waals surface area contributed by atoms with Gasteiger partial charge in [0.1, 0.15) is 11.5 Å². The van der Waals surface area contributed by atoms with Gasteiger partial charge in [0, 0.05) is 27.8 Å². The molecule has 2 rings (SSSR count). The Morgan fingerprint density at radius 1 is 0.585 bits per heavy atom. The third-order valence-electron chi connectivity index (χ3n) is 10.7. The zero-order chi connectivity index (χ0) is 31.9. The molecule has 0 saturated heterocycles. The van der Waals surface area contributed by atoms with Gasteiger partial charge in [0.15, 0.2) is 0 Å². The van der Waals surface area contributed by atoms with Crippen molar-refractivity contribution in [2.45, 2.75) is 143 Å². The van der Waals surface area contributed by atoms with Crippen molar-refractivity contribution >= 4 is 5.97 Å². The fourth-order valence-electron chi connectivity index (χ4n) is 5.32. The lowest BCUT2D eigenvalue weighted by Gasteiger charge is -2.39. The molecule has 0 heterocycles. The number of phenols is 2. The van der Waals surface area contributed by atoms with Crippen LogP contribution in [0.15, 0.2) is 36.4 Å². The maximum Gasteiger partial charge on any atom is 0.332 e. The molecule has 4 heteroatoms. The fourth-order valence-corrected chi connectivity index (χ4v) is 5.32. The van der Waals surface area contributed by atoms with Gasteiger partial charge in [-0.3, -0.25) is 0 Å². The summed E-state index contributed by atoms with van der Waals surface area (Å²) in [5.41, 5.74) is 1.81. The Bertz CT molecular complexity index is 1220. The molecule has 0 radical (unpaired) electrons. The van der Waals surface area contributed by atoms with Crippen LogP contribution in [0.3, 0.4) is 0 Å². The van der Waals surface area contributed by atoms with Gasteiger partial charge in [-0.15, -0.1) is 0 Å². The minimum atomic E-state index is -1.42. The van der Waals surface area contributed by atoms with E-state index >= 15 is 0 Å². The molecule has 0 saturated carbocycles. The van der Waals surface area contributed by atoms with E-state index in [9.17, 15) is 20.1 Å². The van der Waals surface area contributed by atoms with E-state index in [0.717, 1.165) is 47.9 Å². The number of hydrogen-bond acceptors (Lipinski definition) is 3. The van der Waals surface area contributed by atoms with Crippen LogP contribution < -0.4 is 0 Å². The van der Waals surface area contributed by atoms with Crippen molar-refractivity contribution in [3.63, 3.8) is 0 Å². The van der Waals surface area contributed by atoms with E-state index in [2.05, 4.69) is 102 Å². The lowest BCUT2D eigenvalue weighted by atomic mass is 9.64. The fraction of sp³-hybridized carbons (Fsp3) is 0.595. The molecule has 2 aromatic rings. The normalized spacial score (nSPS) is 13.4. The molecule has 0 amide bonds.